The first-order chi connectivity index (χ1) is 5.76. The van der Waals surface area contributed by atoms with Gasteiger partial charge in [-0.15, -0.1) is 0 Å². The van der Waals surface area contributed by atoms with Crippen LogP contribution >= 0.6 is 0 Å². The van der Waals surface area contributed by atoms with Crippen molar-refractivity contribution in [1.82, 2.24) is 4.90 Å². The van der Waals surface area contributed by atoms with Gasteiger partial charge in [0.2, 0.25) is 0 Å². The smallest absolute Gasteiger partial charge is 0.193 e. The van der Waals surface area contributed by atoms with Crippen molar-refractivity contribution in [3.05, 3.63) is 0 Å². The SMILES string of the molecule is COC1(OC)CN(CCCN)C1. The minimum Gasteiger partial charge on any atom is -0.351 e. The van der Waals surface area contributed by atoms with Crippen molar-refractivity contribution in [2.24, 2.45) is 5.73 Å². The Balaban J connectivity index is 2.16. The van der Waals surface area contributed by atoms with Crippen LogP contribution in [0.1, 0.15) is 6.42 Å². The summed E-state index contributed by atoms with van der Waals surface area (Å²) in [7, 11) is 3.37. The van der Waals surface area contributed by atoms with Gasteiger partial charge in [0, 0.05) is 14.2 Å². The Morgan fingerprint density at radius 2 is 1.92 bits per heavy atom. The van der Waals surface area contributed by atoms with Crippen LogP contribution in [0.15, 0.2) is 0 Å². The molecule has 1 fully saturated rings. The van der Waals surface area contributed by atoms with Gasteiger partial charge < -0.3 is 15.2 Å². The zero-order valence-corrected chi connectivity index (χ0v) is 7.88. The van der Waals surface area contributed by atoms with E-state index in [1.165, 1.54) is 0 Å². The third-order valence-corrected chi connectivity index (χ3v) is 2.35. The number of hydrogen-bond donors (Lipinski definition) is 1. The highest BCUT2D eigenvalue weighted by molar-refractivity contribution is 4.88. The Morgan fingerprint density at radius 3 is 2.33 bits per heavy atom. The molecule has 1 saturated heterocycles. The number of methoxy groups -OCH3 is 2. The lowest BCUT2D eigenvalue weighted by Crippen LogP contribution is -2.63. The lowest BCUT2D eigenvalue weighted by atomic mass is 10.1. The van der Waals surface area contributed by atoms with Gasteiger partial charge in [-0.1, -0.05) is 0 Å². The van der Waals surface area contributed by atoms with Gasteiger partial charge in [-0.05, 0) is 19.5 Å². The summed E-state index contributed by atoms with van der Waals surface area (Å²) >= 11 is 0. The van der Waals surface area contributed by atoms with Gasteiger partial charge in [0.05, 0.1) is 13.1 Å². The second-order valence-electron chi connectivity index (χ2n) is 3.17. The predicted octanol–water partition coefficient (Wildman–Crippen LogP) is -0.360. The Morgan fingerprint density at radius 1 is 1.33 bits per heavy atom. The molecule has 1 rings (SSSR count). The molecule has 0 spiro atoms. The second kappa shape index (κ2) is 4.18. The van der Waals surface area contributed by atoms with E-state index in [0.717, 1.165) is 32.6 Å². The summed E-state index contributed by atoms with van der Waals surface area (Å²) in [6, 6.07) is 0. The monoisotopic (exact) mass is 174 g/mol. The van der Waals surface area contributed by atoms with Crippen LogP contribution in [-0.4, -0.2) is 51.1 Å². The summed E-state index contributed by atoms with van der Waals surface area (Å²) in [5.74, 6) is -0.339. The Kier molecular flexibility index (Phi) is 3.46. The van der Waals surface area contributed by atoms with E-state index in [1.807, 2.05) is 0 Å². The van der Waals surface area contributed by atoms with E-state index in [1.54, 1.807) is 14.2 Å². The number of likely N-dealkylation sites (tertiary alicyclic amines) is 1. The third-order valence-electron chi connectivity index (χ3n) is 2.35. The summed E-state index contributed by atoms with van der Waals surface area (Å²) in [6.07, 6.45) is 1.05. The summed E-state index contributed by atoms with van der Waals surface area (Å²) < 4.78 is 10.5. The first-order valence-corrected chi connectivity index (χ1v) is 4.29. The molecule has 1 aliphatic heterocycles. The Labute approximate surface area is 73.6 Å². The standard InChI is InChI=1S/C8H18N2O2/c1-11-8(12-2)6-10(7-8)5-3-4-9/h3-7,9H2,1-2H3. The molecule has 4 nitrogen and oxygen atoms in total. The van der Waals surface area contributed by atoms with E-state index in [9.17, 15) is 0 Å². The number of ether oxygens (including phenoxy) is 2. The normalized spacial score (nSPS) is 22.2. The second-order valence-corrected chi connectivity index (χ2v) is 3.17. The average Bonchev–Trinajstić information content (AvgIpc) is 2.04. The number of hydrogen-bond acceptors (Lipinski definition) is 4. The van der Waals surface area contributed by atoms with E-state index >= 15 is 0 Å². The topological polar surface area (TPSA) is 47.7 Å². The Hall–Kier alpha value is -0.160. The summed E-state index contributed by atoms with van der Waals surface area (Å²) in [5, 5.41) is 0. The van der Waals surface area contributed by atoms with Crippen molar-refractivity contribution in [2.75, 3.05) is 40.4 Å². The van der Waals surface area contributed by atoms with E-state index in [2.05, 4.69) is 4.90 Å². The minimum absolute atomic E-state index is 0.339. The van der Waals surface area contributed by atoms with Gasteiger partial charge in [0.1, 0.15) is 0 Å². The van der Waals surface area contributed by atoms with Crippen molar-refractivity contribution in [3.8, 4) is 0 Å². The van der Waals surface area contributed by atoms with Gasteiger partial charge in [-0.2, -0.15) is 0 Å². The molecule has 72 valence electrons. The highest BCUT2D eigenvalue weighted by Gasteiger charge is 2.42. The fourth-order valence-electron chi connectivity index (χ4n) is 1.45. The van der Waals surface area contributed by atoms with Crippen LogP contribution in [0.5, 0.6) is 0 Å². The molecule has 0 bridgehead atoms. The zero-order chi connectivity index (χ0) is 9.03. The van der Waals surface area contributed by atoms with Crippen molar-refractivity contribution >= 4 is 0 Å². The van der Waals surface area contributed by atoms with Crippen molar-refractivity contribution < 1.29 is 9.47 Å². The molecule has 1 heterocycles. The summed E-state index contributed by atoms with van der Waals surface area (Å²) in [6.45, 7) is 3.52. The lowest BCUT2D eigenvalue weighted by molar-refractivity contribution is -0.275. The molecule has 0 saturated carbocycles. The number of nitrogens with zero attached hydrogens (tertiary/aromatic N) is 1. The quantitative estimate of drug-likeness (QED) is 0.578. The van der Waals surface area contributed by atoms with Crippen molar-refractivity contribution in [3.63, 3.8) is 0 Å². The molecule has 2 N–H and O–H groups in total. The largest absolute Gasteiger partial charge is 0.351 e. The average molecular weight is 174 g/mol. The van der Waals surface area contributed by atoms with Gasteiger partial charge in [0.25, 0.3) is 0 Å². The van der Waals surface area contributed by atoms with E-state index in [0.29, 0.717) is 0 Å². The maximum Gasteiger partial charge on any atom is 0.193 e. The van der Waals surface area contributed by atoms with E-state index in [4.69, 9.17) is 15.2 Å². The highest BCUT2D eigenvalue weighted by Crippen LogP contribution is 2.24. The molecular weight excluding hydrogens is 156 g/mol. The van der Waals surface area contributed by atoms with E-state index in [-0.39, 0.29) is 5.79 Å². The first-order valence-electron chi connectivity index (χ1n) is 4.29. The number of nitrogens with two attached hydrogens (primary N) is 1. The molecule has 0 aliphatic carbocycles. The predicted molar refractivity (Wildman–Crippen MR) is 46.9 cm³/mol. The van der Waals surface area contributed by atoms with Crippen molar-refractivity contribution in [2.45, 2.75) is 12.2 Å². The van der Waals surface area contributed by atoms with Gasteiger partial charge >= 0.3 is 0 Å². The molecule has 0 amide bonds. The minimum atomic E-state index is -0.339. The maximum atomic E-state index is 5.40. The van der Waals surface area contributed by atoms with Gasteiger partial charge in [-0.3, -0.25) is 4.90 Å². The molecule has 0 aromatic heterocycles. The molecule has 0 radical (unpaired) electrons. The maximum absolute atomic E-state index is 5.40. The molecule has 4 heteroatoms. The molecule has 12 heavy (non-hydrogen) atoms. The van der Waals surface area contributed by atoms with Crippen LogP contribution in [-0.2, 0) is 9.47 Å². The Bertz CT molecular complexity index is 129. The summed E-state index contributed by atoms with van der Waals surface area (Å²) in [5.41, 5.74) is 5.40. The van der Waals surface area contributed by atoms with E-state index < -0.39 is 0 Å². The van der Waals surface area contributed by atoms with Crippen LogP contribution in [0.4, 0.5) is 0 Å². The molecule has 1 aliphatic rings. The molecule has 0 aromatic carbocycles. The van der Waals surface area contributed by atoms with Gasteiger partial charge in [0.15, 0.2) is 5.79 Å². The first kappa shape index (κ1) is 9.92. The molecular formula is C8H18N2O2. The van der Waals surface area contributed by atoms with Crippen molar-refractivity contribution in [1.29, 1.82) is 0 Å². The number of rotatable bonds is 5. The van der Waals surface area contributed by atoms with Crippen LogP contribution in [0.3, 0.4) is 0 Å². The molecule has 0 aromatic rings. The third kappa shape index (κ3) is 1.95. The zero-order valence-electron chi connectivity index (χ0n) is 7.88. The highest BCUT2D eigenvalue weighted by atomic mass is 16.7. The fourth-order valence-corrected chi connectivity index (χ4v) is 1.45. The molecule has 0 unspecified atom stereocenters. The van der Waals surface area contributed by atoms with Crippen LogP contribution < -0.4 is 5.73 Å². The van der Waals surface area contributed by atoms with Crippen LogP contribution in [0, 0.1) is 0 Å². The van der Waals surface area contributed by atoms with Crippen LogP contribution in [0.25, 0.3) is 0 Å². The summed E-state index contributed by atoms with van der Waals surface area (Å²) in [4.78, 5) is 2.28. The molecule has 0 atom stereocenters. The fraction of sp³-hybridized carbons (Fsp3) is 1.00. The van der Waals surface area contributed by atoms with Gasteiger partial charge in [-0.25, -0.2) is 0 Å². The van der Waals surface area contributed by atoms with Crippen LogP contribution in [0.2, 0.25) is 0 Å². The lowest BCUT2D eigenvalue weighted by Gasteiger charge is -2.47.